The summed E-state index contributed by atoms with van der Waals surface area (Å²) in [6.07, 6.45) is 0. The molecule has 0 fully saturated rings. The Kier molecular flexibility index (Phi) is 6.57. The predicted octanol–water partition coefficient (Wildman–Crippen LogP) is 3.44. The molecule has 0 unspecified atom stereocenters. The van der Waals surface area contributed by atoms with Gasteiger partial charge < -0.3 is 14.8 Å². The van der Waals surface area contributed by atoms with Crippen molar-refractivity contribution in [3.63, 3.8) is 0 Å². The zero-order valence-corrected chi connectivity index (χ0v) is 19.6. The molecular weight excluding hydrogens is 462 g/mol. The van der Waals surface area contributed by atoms with E-state index in [9.17, 15) is 13.2 Å². The van der Waals surface area contributed by atoms with E-state index < -0.39 is 10.0 Å². The Morgan fingerprint density at radius 3 is 2.39 bits per heavy atom. The maximum Gasteiger partial charge on any atom is 0.336 e. The van der Waals surface area contributed by atoms with E-state index in [1.807, 2.05) is 6.07 Å². The topological polar surface area (TPSA) is 101 Å². The van der Waals surface area contributed by atoms with Crippen LogP contribution in [0.4, 0.5) is 5.69 Å². The summed E-state index contributed by atoms with van der Waals surface area (Å²) < 4.78 is 38.5. The number of aromatic nitrogens is 2. The van der Waals surface area contributed by atoms with Crippen LogP contribution in [0.5, 0.6) is 11.5 Å². The minimum atomic E-state index is -3.87. The molecule has 1 aromatic heterocycles. The molecule has 33 heavy (non-hydrogen) atoms. The number of thioether (sulfide) groups is 1. The fourth-order valence-corrected chi connectivity index (χ4v) is 5.89. The molecule has 0 spiro atoms. The maximum absolute atomic E-state index is 13.4. The number of nitrogens with zero attached hydrogens (tertiary/aromatic N) is 1. The number of nitrogens with one attached hydrogen (secondary N) is 2. The van der Waals surface area contributed by atoms with Crippen LogP contribution in [-0.4, -0.2) is 39.3 Å². The summed E-state index contributed by atoms with van der Waals surface area (Å²) in [5.74, 6) is 0.737. The lowest BCUT2D eigenvalue weighted by molar-refractivity contribution is -0.526. The maximum atomic E-state index is 13.4. The summed E-state index contributed by atoms with van der Waals surface area (Å²) in [6, 6.07) is 20.3. The lowest BCUT2D eigenvalue weighted by atomic mass is 10.2. The molecule has 4 rings (SSSR count). The zero-order chi connectivity index (χ0) is 23.4. The summed E-state index contributed by atoms with van der Waals surface area (Å²) in [6.45, 7) is 0. The number of fused-ring (bicyclic) bond motifs is 1. The first-order valence-electron chi connectivity index (χ1n) is 9.92. The van der Waals surface area contributed by atoms with Crippen molar-refractivity contribution in [1.82, 2.24) is 4.98 Å². The number of rotatable bonds is 8. The van der Waals surface area contributed by atoms with Crippen molar-refractivity contribution in [3.8, 4) is 11.5 Å². The van der Waals surface area contributed by atoms with Crippen LogP contribution in [0.2, 0.25) is 0 Å². The lowest BCUT2D eigenvalue weighted by Crippen LogP contribution is -2.44. The van der Waals surface area contributed by atoms with Gasteiger partial charge in [0.15, 0.2) is 22.5 Å². The first kappa shape index (κ1) is 22.7. The minimum absolute atomic E-state index is 0.00846. The number of carbonyl (C=O) groups excluding carboxylic acids is 1. The van der Waals surface area contributed by atoms with Crippen molar-refractivity contribution in [2.45, 2.75) is 10.1 Å². The number of para-hydroxylation sites is 2. The van der Waals surface area contributed by atoms with Gasteiger partial charge >= 0.3 is 15.2 Å². The van der Waals surface area contributed by atoms with E-state index >= 15 is 0 Å². The fourth-order valence-electron chi connectivity index (χ4n) is 3.31. The van der Waals surface area contributed by atoms with E-state index in [2.05, 4.69) is 10.3 Å². The van der Waals surface area contributed by atoms with E-state index in [1.165, 1.54) is 18.2 Å². The molecule has 0 aliphatic rings. The number of H-pyrrole nitrogens is 1. The van der Waals surface area contributed by atoms with Gasteiger partial charge in [0.2, 0.25) is 5.91 Å². The Balaban J connectivity index is 1.60. The first-order valence-corrected chi connectivity index (χ1v) is 12.3. The summed E-state index contributed by atoms with van der Waals surface area (Å²) >= 11 is 1.10. The highest BCUT2D eigenvalue weighted by Crippen LogP contribution is 2.30. The molecule has 1 amide bonds. The van der Waals surface area contributed by atoms with E-state index in [-0.39, 0.29) is 16.6 Å². The molecule has 3 aromatic carbocycles. The lowest BCUT2D eigenvalue weighted by Gasteiger charge is -2.10. The van der Waals surface area contributed by atoms with E-state index in [0.29, 0.717) is 33.4 Å². The van der Waals surface area contributed by atoms with Gasteiger partial charge in [0.05, 0.1) is 20.0 Å². The molecule has 8 nitrogen and oxygen atoms in total. The quantitative estimate of drug-likeness (QED) is 0.294. The van der Waals surface area contributed by atoms with Gasteiger partial charge in [0.1, 0.15) is 4.90 Å². The summed E-state index contributed by atoms with van der Waals surface area (Å²) in [4.78, 5) is 15.9. The van der Waals surface area contributed by atoms with Gasteiger partial charge in [-0.2, -0.15) is 8.42 Å². The monoisotopic (exact) mass is 484 g/mol. The minimum Gasteiger partial charge on any atom is -0.493 e. The average Bonchev–Trinajstić information content (AvgIpc) is 3.22. The number of methoxy groups -OCH3 is 2. The second-order valence-electron chi connectivity index (χ2n) is 6.94. The molecule has 0 bridgehead atoms. The largest absolute Gasteiger partial charge is 0.493 e. The molecule has 0 radical (unpaired) electrons. The smallest absolute Gasteiger partial charge is 0.336 e. The van der Waals surface area contributed by atoms with Gasteiger partial charge in [-0.3, -0.25) is 4.79 Å². The van der Waals surface area contributed by atoms with Gasteiger partial charge in [0.25, 0.3) is 0 Å². The Hall–Kier alpha value is -3.50. The van der Waals surface area contributed by atoms with E-state index in [0.717, 1.165) is 11.8 Å². The van der Waals surface area contributed by atoms with Crippen LogP contribution in [0.1, 0.15) is 0 Å². The average molecular weight is 485 g/mol. The SMILES string of the molecule is COc1ccc(NC(=O)CSc2[nH]c3ccccc3[n+]2S(=O)(=O)c2ccccc2)cc1OC. The molecule has 10 heteroatoms. The third-order valence-electron chi connectivity index (χ3n) is 4.84. The Morgan fingerprint density at radius 1 is 0.970 bits per heavy atom. The number of ether oxygens (including phenoxy) is 2. The van der Waals surface area contributed by atoms with Crippen LogP contribution in [0.15, 0.2) is 82.8 Å². The Labute approximate surface area is 195 Å². The van der Waals surface area contributed by atoms with Crippen molar-refractivity contribution in [3.05, 3.63) is 72.8 Å². The van der Waals surface area contributed by atoms with Gasteiger partial charge in [0, 0.05) is 11.8 Å². The molecule has 1 heterocycles. The molecule has 4 aromatic rings. The van der Waals surface area contributed by atoms with Crippen molar-refractivity contribution < 1.29 is 26.7 Å². The highest BCUT2D eigenvalue weighted by molar-refractivity contribution is 8.00. The summed E-state index contributed by atoms with van der Waals surface area (Å²) in [7, 11) is -0.825. The number of hydrogen-bond acceptors (Lipinski definition) is 6. The van der Waals surface area contributed by atoms with Crippen molar-refractivity contribution in [2.75, 3.05) is 25.3 Å². The van der Waals surface area contributed by atoms with Crippen LogP contribution in [-0.2, 0) is 14.8 Å². The molecule has 0 saturated heterocycles. The Bertz CT molecular complexity index is 1400. The Morgan fingerprint density at radius 2 is 1.67 bits per heavy atom. The van der Waals surface area contributed by atoms with Crippen LogP contribution in [0, 0.1) is 0 Å². The highest BCUT2D eigenvalue weighted by atomic mass is 32.2. The fraction of sp³-hybridized carbons (Fsp3) is 0.130. The number of anilines is 1. The van der Waals surface area contributed by atoms with Gasteiger partial charge in [-0.05, 0) is 48.2 Å². The van der Waals surface area contributed by atoms with E-state index in [1.54, 1.807) is 66.7 Å². The molecule has 2 N–H and O–H groups in total. The number of aromatic amines is 1. The van der Waals surface area contributed by atoms with Crippen LogP contribution >= 0.6 is 11.8 Å². The number of hydrogen-bond donors (Lipinski definition) is 2. The number of benzene rings is 3. The predicted molar refractivity (Wildman–Crippen MR) is 126 cm³/mol. The van der Waals surface area contributed by atoms with Crippen molar-refractivity contribution in [2.24, 2.45) is 0 Å². The molecule has 0 saturated carbocycles. The van der Waals surface area contributed by atoms with Gasteiger partial charge in [-0.1, -0.05) is 30.3 Å². The molecule has 170 valence electrons. The molecular formula is C23H22N3O5S2+. The second kappa shape index (κ2) is 9.55. The number of carbonyl (C=O) groups is 1. The summed E-state index contributed by atoms with van der Waals surface area (Å²) in [5, 5.41) is 3.13. The molecule has 0 aliphatic heterocycles. The third kappa shape index (κ3) is 4.67. The van der Waals surface area contributed by atoms with Crippen molar-refractivity contribution >= 4 is 44.4 Å². The third-order valence-corrected chi connectivity index (χ3v) is 7.65. The van der Waals surface area contributed by atoms with Gasteiger partial charge in [-0.15, -0.1) is 3.97 Å². The van der Waals surface area contributed by atoms with Gasteiger partial charge in [-0.25, -0.2) is 4.98 Å². The van der Waals surface area contributed by atoms with Crippen molar-refractivity contribution in [1.29, 1.82) is 0 Å². The summed E-state index contributed by atoms with van der Waals surface area (Å²) in [5.41, 5.74) is 1.70. The zero-order valence-electron chi connectivity index (χ0n) is 17.9. The normalized spacial score (nSPS) is 11.3. The molecule has 0 atom stereocenters. The highest BCUT2D eigenvalue weighted by Gasteiger charge is 2.31. The number of amides is 1. The second-order valence-corrected chi connectivity index (χ2v) is 9.69. The number of imidazole rings is 1. The van der Waals surface area contributed by atoms with Crippen LogP contribution in [0.3, 0.4) is 0 Å². The van der Waals surface area contributed by atoms with Crippen LogP contribution in [0.25, 0.3) is 11.0 Å². The first-order chi connectivity index (χ1) is 15.9. The van der Waals surface area contributed by atoms with Crippen LogP contribution < -0.4 is 18.8 Å². The molecule has 0 aliphatic carbocycles. The van der Waals surface area contributed by atoms with E-state index in [4.69, 9.17) is 9.47 Å². The standard InChI is InChI=1S/C23H21N3O5S2/c1-30-20-13-12-16(14-21(20)31-2)24-22(27)15-32-23-25-18-10-6-7-11-19(18)26(23)33(28,29)17-8-4-3-5-9-17/h3-14H,15H2,1-2H3,(H,24,27)/p+1.